The number of rotatable bonds is 2. The van der Waals surface area contributed by atoms with Crippen LogP contribution in [-0.2, 0) is 22.3 Å². The van der Waals surface area contributed by atoms with Gasteiger partial charge < -0.3 is 9.47 Å². The standard InChI is InChI=1S/C22H20O2/c1-23-21-13-17(11-15-7-3-5-9-19(15)21)18-12-16-8-4-6-10-20(16)22(14-18)24-2/h3-10,13-14H,11-12H2,1-2H3. The first-order chi connectivity index (χ1) is 11.8. The van der Waals surface area contributed by atoms with E-state index in [-0.39, 0.29) is 0 Å². The van der Waals surface area contributed by atoms with Gasteiger partial charge in [0.15, 0.2) is 0 Å². The van der Waals surface area contributed by atoms with E-state index < -0.39 is 0 Å². The minimum absolute atomic E-state index is 0.925. The van der Waals surface area contributed by atoms with E-state index in [4.69, 9.17) is 9.47 Å². The van der Waals surface area contributed by atoms with Crippen LogP contribution < -0.4 is 0 Å². The predicted octanol–water partition coefficient (Wildman–Crippen LogP) is 4.77. The summed E-state index contributed by atoms with van der Waals surface area (Å²) in [5.41, 5.74) is 7.60. The van der Waals surface area contributed by atoms with Gasteiger partial charge in [0.1, 0.15) is 11.5 Å². The van der Waals surface area contributed by atoms with Gasteiger partial charge in [-0.15, -0.1) is 0 Å². The zero-order chi connectivity index (χ0) is 16.5. The summed E-state index contributed by atoms with van der Waals surface area (Å²) in [5.74, 6) is 1.87. The average molecular weight is 316 g/mol. The smallest absolute Gasteiger partial charge is 0.126 e. The maximum absolute atomic E-state index is 5.64. The molecule has 2 heteroatoms. The molecule has 0 heterocycles. The molecule has 0 fully saturated rings. The van der Waals surface area contributed by atoms with Crippen molar-refractivity contribution in [1.29, 1.82) is 0 Å². The highest BCUT2D eigenvalue weighted by atomic mass is 16.5. The van der Waals surface area contributed by atoms with Crippen molar-refractivity contribution in [3.63, 3.8) is 0 Å². The first-order valence-corrected chi connectivity index (χ1v) is 8.20. The fraction of sp³-hybridized carbons (Fsp3) is 0.182. The van der Waals surface area contributed by atoms with Crippen LogP contribution >= 0.6 is 0 Å². The number of hydrogen-bond acceptors (Lipinski definition) is 2. The monoisotopic (exact) mass is 316 g/mol. The van der Waals surface area contributed by atoms with Crippen LogP contribution in [0.25, 0.3) is 11.5 Å². The lowest BCUT2D eigenvalue weighted by molar-refractivity contribution is 0.367. The Hall–Kier alpha value is -2.74. The molecule has 2 nitrogen and oxygen atoms in total. The molecule has 0 saturated heterocycles. The predicted molar refractivity (Wildman–Crippen MR) is 97.3 cm³/mol. The van der Waals surface area contributed by atoms with Crippen molar-refractivity contribution in [2.24, 2.45) is 0 Å². The zero-order valence-corrected chi connectivity index (χ0v) is 14.0. The van der Waals surface area contributed by atoms with Crippen molar-refractivity contribution in [3.8, 4) is 0 Å². The lowest BCUT2D eigenvalue weighted by Crippen LogP contribution is -2.09. The number of methoxy groups -OCH3 is 2. The molecule has 120 valence electrons. The summed E-state index contributed by atoms with van der Waals surface area (Å²) in [6, 6.07) is 16.9. The zero-order valence-electron chi connectivity index (χ0n) is 14.0. The Labute approximate surface area is 142 Å². The summed E-state index contributed by atoms with van der Waals surface area (Å²) in [5, 5.41) is 0. The highest BCUT2D eigenvalue weighted by Gasteiger charge is 2.21. The van der Waals surface area contributed by atoms with Gasteiger partial charge >= 0.3 is 0 Å². The Bertz CT molecular complexity index is 811. The topological polar surface area (TPSA) is 18.5 Å². The largest absolute Gasteiger partial charge is 0.496 e. The molecule has 0 spiro atoms. The molecular weight excluding hydrogens is 296 g/mol. The third-order valence-electron chi connectivity index (χ3n) is 4.79. The van der Waals surface area contributed by atoms with Crippen LogP contribution in [-0.4, -0.2) is 14.2 Å². The Morgan fingerprint density at radius 2 is 1.04 bits per heavy atom. The van der Waals surface area contributed by atoms with E-state index in [0.717, 1.165) is 24.4 Å². The van der Waals surface area contributed by atoms with Gasteiger partial charge in [-0.3, -0.25) is 0 Å². The fourth-order valence-corrected chi connectivity index (χ4v) is 3.56. The third kappa shape index (κ3) is 2.44. The summed E-state index contributed by atoms with van der Waals surface area (Å²) >= 11 is 0. The Morgan fingerprint density at radius 1 is 0.625 bits per heavy atom. The van der Waals surface area contributed by atoms with Crippen molar-refractivity contribution < 1.29 is 9.47 Å². The van der Waals surface area contributed by atoms with Gasteiger partial charge in [-0.2, -0.15) is 0 Å². The van der Waals surface area contributed by atoms with E-state index in [1.807, 2.05) is 0 Å². The first-order valence-electron chi connectivity index (χ1n) is 8.20. The highest BCUT2D eigenvalue weighted by Crippen LogP contribution is 2.36. The third-order valence-corrected chi connectivity index (χ3v) is 4.79. The van der Waals surface area contributed by atoms with E-state index in [2.05, 4.69) is 60.7 Å². The van der Waals surface area contributed by atoms with Crippen molar-refractivity contribution >= 4 is 11.5 Å². The number of benzene rings is 2. The van der Waals surface area contributed by atoms with Crippen molar-refractivity contribution in [1.82, 2.24) is 0 Å². The van der Waals surface area contributed by atoms with E-state index in [1.165, 1.54) is 33.4 Å². The molecule has 0 unspecified atom stereocenters. The van der Waals surface area contributed by atoms with E-state index in [9.17, 15) is 0 Å². The fourth-order valence-electron chi connectivity index (χ4n) is 3.56. The Balaban J connectivity index is 1.84. The van der Waals surface area contributed by atoms with Gasteiger partial charge in [-0.1, -0.05) is 48.5 Å². The molecule has 2 aliphatic carbocycles. The average Bonchev–Trinajstić information content (AvgIpc) is 2.66. The molecule has 2 aromatic carbocycles. The number of ether oxygens (including phenoxy) is 2. The molecule has 2 aliphatic rings. The molecular formula is C22H20O2. The van der Waals surface area contributed by atoms with Crippen LogP contribution in [0, 0.1) is 0 Å². The van der Waals surface area contributed by atoms with Crippen molar-refractivity contribution in [3.05, 3.63) is 94.1 Å². The van der Waals surface area contributed by atoms with E-state index in [0.29, 0.717) is 0 Å². The maximum Gasteiger partial charge on any atom is 0.126 e. The molecule has 0 saturated carbocycles. The van der Waals surface area contributed by atoms with Crippen LogP contribution in [0.2, 0.25) is 0 Å². The molecule has 0 amide bonds. The molecule has 4 rings (SSSR count). The van der Waals surface area contributed by atoms with Gasteiger partial charge in [0.25, 0.3) is 0 Å². The molecule has 0 bridgehead atoms. The lowest BCUT2D eigenvalue weighted by Gasteiger charge is -2.24. The van der Waals surface area contributed by atoms with Gasteiger partial charge in [-0.05, 0) is 47.3 Å². The summed E-state index contributed by atoms with van der Waals surface area (Å²) < 4.78 is 11.3. The normalized spacial score (nSPS) is 18.9. The summed E-state index contributed by atoms with van der Waals surface area (Å²) in [7, 11) is 3.48. The molecule has 0 radical (unpaired) electrons. The molecule has 0 N–H and O–H groups in total. The number of fused-ring (bicyclic) bond motifs is 2. The first kappa shape index (κ1) is 14.8. The number of hydrogen-bond donors (Lipinski definition) is 0. The van der Waals surface area contributed by atoms with Gasteiger partial charge in [0, 0.05) is 11.1 Å². The van der Waals surface area contributed by atoms with Crippen molar-refractivity contribution in [2.45, 2.75) is 12.8 Å². The van der Waals surface area contributed by atoms with Crippen LogP contribution in [0.4, 0.5) is 0 Å². The van der Waals surface area contributed by atoms with Crippen molar-refractivity contribution in [2.75, 3.05) is 14.2 Å². The minimum atomic E-state index is 0.925. The van der Waals surface area contributed by atoms with Gasteiger partial charge in [0.2, 0.25) is 0 Å². The molecule has 24 heavy (non-hydrogen) atoms. The Kier molecular flexibility index (Phi) is 3.73. The second-order valence-corrected chi connectivity index (χ2v) is 6.14. The Morgan fingerprint density at radius 3 is 1.46 bits per heavy atom. The summed E-state index contributed by atoms with van der Waals surface area (Å²) in [6.45, 7) is 0. The van der Waals surface area contributed by atoms with Crippen LogP contribution in [0.3, 0.4) is 0 Å². The van der Waals surface area contributed by atoms with Gasteiger partial charge in [0.05, 0.1) is 14.2 Å². The maximum atomic E-state index is 5.64. The minimum Gasteiger partial charge on any atom is -0.496 e. The molecule has 0 aliphatic heterocycles. The van der Waals surface area contributed by atoms with E-state index in [1.54, 1.807) is 14.2 Å². The molecule has 0 atom stereocenters. The molecule has 2 aromatic rings. The number of allylic oxidation sites excluding steroid dienone is 4. The van der Waals surface area contributed by atoms with E-state index >= 15 is 0 Å². The SMILES string of the molecule is COC1=CC(=C2C=C(OC)c3ccccc3C2)Cc2ccccc21. The summed E-state index contributed by atoms with van der Waals surface area (Å²) in [6.07, 6.45) is 6.20. The summed E-state index contributed by atoms with van der Waals surface area (Å²) in [4.78, 5) is 0. The second kappa shape index (κ2) is 6.04. The highest BCUT2D eigenvalue weighted by molar-refractivity contribution is 5.74. The lowest BCUT2D eigenvalue weighted by atomic mass is 9.84. The van der Waals surface area contributed by atoms with Crippen LogP contribution in [0.15, 0.2) is 71.8 Å². The van der Waals surface area contributed by atoms with Gasteiger partial charge in [-0.25, -0.2) is 0 Å². The quantitative estimate of drug-likeness (QED) is 0.794. The van der Waals surface area contributed by atoms with Crippen LogP contribution in [0.1, 0.15) is 22.3 Å². The second-order valence-electron chi connectivity index (χ2n) is 6.14. The molecule has 0 aromatic heterocycles. The van der Waals surface area contributed by atoms with Crippen LogP contribution in [0.5, 0.6) is 0 Å².